The topological polar surface area (TPSA) is 80.9 Å². The van der Waals surface area contributed by atoms with E-state index in [1.165, 1.54) is 0 Å². The molecule has 0 fully saturated rings. The molecule has 18 heavy (non-hydrogen) atoms. The molecular weight excluding hydrogens is 252 g/mol. The Morgan fingerprint density at radius 3 is 2.94 bits per heavy atom. The molecule has 92 valence electrons. The number of rotatable bonds is 4. The van der Waals surface area contributed by atoms with Gasteiger partial charge < -0.3 is 11.1 Å². The van der Waals surface area contributed by atoms with Crippen molar-refractivity contribution in [2.45, 2.75) is 6.54 Å². The first-order valence-corrected chi connectivity index (χ1v) is 5.64. The number of hydrogen-bond donors (Lipinski definition) is 2. The third-order valence-corrected chi connectivity index (χ3v) is 2.49. The summed E-state index contributed by atoms with van der Waals surface area (Å²) in [7, 11) is 0. The zero-order chi connectivity index (χ0) is 13.0. The molecule has 0 aliphatic rings. The standard InChI is InChI=1S/C12H11ClN4O/c13-12-15-5-4-10(17-12)16-7-8-2-1-3-9(6-8)11(14)18/h1-6H,7H2,(H2,14,18)(H,15,16,17). The lowest BCUT2D eigenvalue weighted by Crippen LogP contribution is -2.11. The molecule has 0 saturated carbocycles. The van der Waals surface area contributed by atoms with Gasteiger partial charge in [0.1, 0.15) is 5.82 Å². The van der Waals surface area contributed by atoms with Crippen molar-refractivity contribution in [1.82, 2.24) is 9.97 Å². The number of anilines is 1. The summed E-state index contributed by atoms with van der Waals surface area (Å²) in [5, 5.41) is 3.27. The summed E-state index contributed by atoms with van der Waals surface area (Å²) in [6, 6.07) is 8.79. The van der Waals surface area contributed by atoms with Crippen LogP contribution in [0.15, 0.2) is 36.5 Å². The molecule has 5 nitrogen and oxygen atoms in total. The van der Waals surface area contributed by atoms with Crippen molar-refractivity contribution >= 4 is 23.3 Å². The Labute approximate surface area is 109 Å². The highest BCUT2D eigenvalue weighted by molar-refractivity contribution is 6.28. The predicted molar refractivity (Wildman–Crippen MR) is 69.3 cm³/mol. The zero-order valence-corrected chi connectivity index (χ0v) is 10.2. The Kier molecular flexibility index (Phi) is 3.74. The van der Waals surface area contributed by atoms with Gasteiger partial charge >= 0.3 is 0 Å². The fourth-order valence-corrected chi connectivity index (χ4v) is 1.61. The summed E-state index contributed by atoms with van der Waals surface area (Å²) in [4.78, 5) is 18.8. The van der Waals surface area contributed by atoms with Crippen molar-refractivity contribution in [3.63, 3.8) is 0 Å². The van der Waals surface area contributed by atoms with Crippen molar-refractivity contribution in [3.8, 4) is 0 Å². The van der Waals surface area contributed by atoms with Crippen LogP contribution in [0.4, 0.5) is 5.82 Å². The number of primary amides is 1. The normalized spacial score (nSPS) is 10.1. The smallest absolute Gasteiger partial charge is 0.248 e. The van der Waals surface area contributed by atoms with Crippen LogP contribution in [0, 0.1) is 0 Å². The minimum Gasteiger partial charge on any atom is -0.366 e. The molecule has 0 atom stereocenters. The maximum atomic E-state index is 11.0. The lowest BCUT2D eigenvalue weighted by atomic mass is 10.1. The molecule has 0 aliphatic heterocycles. The van der Waals surface area contributed by atoms with Crippen LogP contribution >= 0.6 is 11.6 Å². The largest absolute Gasteiger partial charge is 0.366 e. The van der Waals surface area contributed by atoms with Gasteiger partial charge in [0.05, 0.1) is 0 Å². The van der Waals surface area contributed by atoms with Gasteiger partial charge in [-0.2, -0.15) is 0 Å². The van der Waals surface area contributed by atoms with Gasteiger partial charge in [-0.1, -0.05) is 12.1 Å². The Bertz CT molecular complexity index is 574. The second-order valence-corrected chi connectivity index (χ2v) is 3.97. The molecule has 1 aromatic carbocycles. The Hall–Kier alpha value is -2.14. The quantitative estimate of drug-likeness (QED) is 0.824. The van der Waals surface area contributed by atoms with Crippen LogP contribution in [0.5, 0.6) is 0 Å². The van der Waals surface area contributed by atoms with E-state index in [0.717, 1.165) is 5.56 Å². The van der Waals surface area contributed by atoms with Gasteiger partial charge in [0.25, 0.3) is 0 Å². The van der Waals surface area contributed by atoms with Gasteiger partial charge in [0, 0.05) is 18.3 Å². The second kappa shape index (κ2) is 5.46. The third-order valence-electron chi connectivity index (χ3n) is 2.31. The molecule has 0 bridgehead atoms. The van der Waals surface area contributed by atoms with Crippen LogP contribution in [-0.4, -0.2) is 15.9 Å². The molecule has 1 amide bonds. The van der Waals surface area contributed by atoms with E-state index in [9.17, 15) is 4.79 Å². The fraction of sp³-hybridized carbons (Fsp3) is 0.0833. The Balaban J connectivity index is 2.06. The maximum absolute atomic E-state index is 11.0. The number of benzene rings is 1. The molecule has 1 aromatic heterocycles. The molecule has 0 unspecified atom stereocenters. The Morgan fingerprint density at radius 1 is 1.39 bits per heavy atom. The van der Waals surface area contributed by atoms with Crippen LogP contribution in [0.2, 0.25) is 5.28 Å². The fourth-order valence-electron chi connectivity index (χ4n) is 1.46. The van der Waals surface area contributed by atoms with Crippen LogP contribution in [0.1, 0.15) is 15.9 Å². The van der Waals surface area contributed by atoms with Gasteiger partial charge in [-0.05, 0) is 35.4 Å². The number of nitrogens with one attached hydrogen (secondary N) is 1. The highest BCUT2D eigenvalue weighted by Gasteiger charge is 2.02. The number of nitrogens with two attached hydrogens (primary N) is 1. The summed E-state index contributed by atoms with van der Waals surface area (Å²) >= 11 is 5.67. The highest BCUT2D eigenvalue weighted by atomic mass is 35.5. The van der Waals surface area contributed by atoms with Crippen molar-refractivity contribution < 1.29 is 4.79 Å². The van der Waals surface area contributed by atoms with Crippen molar-refractivity contribution in [2.75, 3.05) is 5.32 Å². The van der Waals surface area contributed by atoms with E-state index >= 15 is 0 Å². The van der Waals surface area contributed by atoms with Crippen LogP contribution in [0.3, 0.4) is 0 Å². The molecule has 2 aromatic rings. The predicted octanol–water partition coefficient (Wildman–Crippen LogP) is 1.84. The summed E-state index contributed by atoms with van der Waals surface area (Å²) in [5.41, 5.74) is 6.63. The summed E-state index contributed by atoms with van der Waals surface area (Å²) < 4.78 is 0. The average Bonchev–Trinajstić information content (AvgIpc) is 2.37. The number of halogens is 1. The molecule has 0 aliphatic carbocycles. The molecule has 2 rings (SSSR count). The molecule has 0 radical (unpaired) electrons. The number of aromatic nitrogens is 2. The minimum absolute atomic E-state index is 0.186. The molecule has 3 N–H and O–H groups in total. The van der Waals surface area contributed by atoms with Crippen LogP contribution in [0.25, 0.3) is 0 Å². The van der Waals surface area contributed by atoms with E-state index in [1.54, 1.807) is 30.5 Å². The lowest BCUT2D eigenvalue weighted by molar-refractivity contribution is 0.1000. The van der Waals surface area contributed by atoms with Crippen LogP contribution < -0.4 is 11.1 Å². The van der Waals surface area contributed by atoms with Crippen molar-refractivity contribution in [2.24, 2.45) is 5.73 Å². The molecule has 0 spiro atoms. The monoisotopic (exact) mass is 262 g/mol. The number of carbonyl (C=O) groups is 1. The first kappa shape index (κ1) is 12.3. The maximum Gasteiger partial charge on any atom is 0.248 e. The molecular formula is C12H11ClN4O. The number of amides is 1. The number of carbonyl (C=O) groups excluding carboxylic acids is 1. The van der Waals surface area contributed by atoms with Gasteiger partial charge in [-0.15, -0.1) is 0 Å². The van der Waals surface area contributed by atoms with E-state index in [-0.39, 0.29) is 5.28 Å². The first-order valence-electron chi connectivity index (χ1n) is 5.26. The summed E-state index contributed by atoms with van der Waals surface area (Å²) in [6.45, 7) is 0.522. The first-order chi connectivity index (χ1) is 8.65. The Morgan fingerprint density at radius 2 is 2.22 bits per heavy atom. The molecule has 6 heteroatoms. The number of nitrogens with zero attached hydrogens (tertiary/aromatic N) is 2. The lowest BCUT2D eigenvalue weighted by Gasteiger charge is -2.06. The minimum atomic E-state index is -0.443. The third kappa shape index (κ3) is 3.18. The van der Waals surface area contributed by atoms with Gasteiger partial charge in [0.2, 0.25) is 11.2 Å². The number of hydrogen-bond acceptors (Lipinski definition) is 4. The van der Waals surface area contributed by atoms with E-state index in [2.05, 4.69) is 15.3 Å². The van der Waals surface area contributed by atoms with Crippen molar-refractivity contribution in [1.29, 1.82) is 0 Å². The summed E-state index contributed by atoms with van der Waals surface area (Å²) in [5.74, 6) is 0.182. The SMILES string of the molecule is NC(=O)c1cccc(CNc2ccnc(Cl)n2)c1. The second-order valence-electron chi connectivity index (χ2n) is 3.63. The van der Waals surface area contributed by atoms with E-state index in [4.69, 9.17) is 17.3 Å². The van der Waals surface area contributed by atoms with Gasteiger partial charge in [0.15, 0.2) is 0 Å². The van der Waals surface area contributed by atoms with Gasteiger partial charge in [-0.25, -0.2) is 9.97 Å². The highest BCUT2D eigenvalue weighted by Crippen LogP contribution is 2.09. The van der Waals surface area contributed by atoms with E-state index in [1.807, 2.05) is 6.07 Å². The average molecular weight is 263 g/mol. The van der Waals surface area contributed by atoms with Gasteiger partial charge in [-0.3, -0.25) is 4.79 Å². The van der Waals surface area contributed by atoms with E-state index < -0.39 is 5.91 Å². The van der Waals surface area contributed by atoms with Crippen molar-refractivity contribution in [3.05, 3.63) is 52.9 Å². The van der Waals surface area contributed by atoms with Crippen LogP contribution in [-0.2, 0) is 6.54 Å². The summed E-state index contributed by atoms with van der Waals surface area (Å²) in [6.07, 6.45) is 1.57. The molecule has 0 saturated heterocycles. The zero-order valence-electron chi connectivity index (χ0n) is 9.43. The van der Waals surface area contributed by atoms with E-state index in [0.29, 0.717) is 17.9 Å². The molecule has 1 heterocycles.